The molecule has 2 fully saturated rings. The van der Waals surface area contributed by atoms with Crippen molar-refractivity contribution in [2.45, 2.75) is 43.8 Å². The highest BCUT2D eigenvalue weighted by molar-refractivity contribution is 5.90. The molecule has 2 aliphatic heterocycles. The number of carbonyl (C=O) groups is 2. The van der Waals surface area contributed by atoms with Crippen molar-refractivity contribution < 1.29 is 24.6 Å². The first-order valence-corrected chi connectivity index (χ1v) is 9.89. The summed E-state index contributed by atoms with van der Waals surface area (Å²) in [6, 6.07) is 3.99. The summed E-state index contributed by atoms with van der Waals surface area (Å²) in [6.45, 7) is 3.53. The van der Waals surface area contributed by atoms with E-state index in [1.54, 1.807) is 6.20 Å². The van der Waals surface area contributed by atoms with Gasteiger partial charge in [-0.1, -0.05) is 6.07 Å². The Morgan fingerprint density at radius 1 is 1.28 bits per heavy atom. The molecule has 2 aliphatic rings. The van der Waals surface area contributed by atoms with Crippen LogP contribution < -0.4 is 10.8 Å². The van der Waals surface area contributed by atoms with E-state index in [2.05, 4.69) is 15.2 Å². The topological polar surface area (TPSA) is 124 Å². The zero-order chi connectivity index (χ0) is 20.7. The van der Waals surface area contributed by atoms with Gasteiger partial charge in [-0.25, -0.2) is 5.48 Å². The Hall–Kier alpha value is -2.33. The fourth-order valence-corrected chi connectivity index (χ4v) is 3.85. The second-order valence-corrected chi connectivity index (χ2v) is 7.60. The van der Waals surface area contributed by atoms with E-state index in [1.807, 2.05) is 12.1 Å². The molecule has 2 saturated heterocycles. The number of ether oxygens (including phenoxy) is 1. The molecule has 1 amide bonds. The Kier molecular flexibility index (Phi) is 7.32. The Morgan fingerprint density at radius 3 is 2.59 bits per heavy atom. The van der Waals surface area contributed by atoms with Gasteiger partial charge in [-0.3, -0.25) is 30.0 Å². The van der Waals surface area contributed by atoms with Crippen LogP contribution in [-0.2, 0) is 20.9 Å². The number of carbonyl (C=O) groups excluding carboxylic acids is 1. The predicted molar refractivity (Wildman–Crippen MR) is 105 cm³/mol. The molecular formula is C20H28N4O5. The number of aliphatic carboxylic acids is 1. The van der Waals surface area contributed by atoms with Gasteiger partial charge in [0.2, 0.25) is 0 Å². The fraction of sp³-hybridized carbons (Fsp3) is 0.550. The third kappa shape index (κ3) is 5.83. The van der Waals surface area contributed by atoms with E-state index in [4.69, 9.17) is 9.94 Å². The zero-order valence-corrected chi connectivity index (χ0v) is 16.3. The van der Waals surface area contributed by atoms with E-state index >= 15 is 0 Å². The predicted octanol–water partition coefficient (Wildman–Crippen LogP) is 0.788. The second-order valence-electron chi connectivity index (χ2n) is 7.60. The van der Waals surface area contributed by atoms with Crippen molar-refractivity contribution in [1.29, 1.82) is 0 Å². The lowest BCUT2D eigenvalue weighted by molar-refractivity contribution is -0.150. The van der Waals surface area contributed by atoms with Gasteiger partial charge in [0, 0.05) is 38.1 Å². The van der Waals surface area contributed by atoms with Crippen molar-refractivity contribution in [3.63, 3.8) is 0 Å². The normalized spacial score (nSPS) is 20.6. The Bertz CT molecular complexity index is 723. The summed E-state index contributed by atoms with van der Waals surface area (Å²) in [7, 11) is 0. The molecule has 3 heterocycles. The molecule has 158 valence electrons. The third-order valence-electron chi connectivity index (χ3n) is 5.59. The van der Waals surface area contributed by atoms with E-state index in [0.29, 0.717) is 31.7 Å². The number of amides is 1. The number of rotatable bonds is 7. The van der Waals surface area contributed by atoms with Crippen molar-refractivity contribution in [1.82, 2.24) is 20.7 Å². The average molecular weight is 404 g/mol. The largest absolute Gasteiger partial charge is 0.480 e. The molecule has 29 heavy (non-hydrogen) atoms. The quantitative estimate of drug-likeness (QED) is 0.299. The molecule has 0 unspecified atom stereocenters. The number of pyridine rings is 1. The minimum Gasteiger partial charge on any atom is -0.480 e. The number of nitrogens with zero attached hydrogens (tertiary/aromatic N) is 2. The smallest absolute Gasteiger partial charge is 0.324 e. The first-order chi connectivity index (χ1) is 14.0. The van der Waals surface area contributed by atoms with E-state index in [9.17, 15) is 14.7 Å². The summed E-state index contributed by atoms with van der Waals surface area (Å²) >= 11 is 0. The maximum Gasteiger partial charge on any atom is 0.324 e. The summed E-state index contributed by atoms with van der Waals surface area (Å²) < 4.78 is 5.34. The van der Waals surface area contributed by atoms with Gasteiger partial charge < -0.3 is 9.84 Å². The van der Waals surface area contributed by atoms with Crippen molar-refractivity contribution >= 4 is 18.0 Å². The first kappa shape index (κ1) is 21.4. The molecule has 1 aromatic rings. The van der Waals surface area contributed by atoms with Gasteiger partial charge in [0.25, 0.3) is 5.91 Å². The van der Waals surface area contributed by atoms with Crippen molar-refractivity contribution in [2.24, 2.45) is 0 Å². The van der Waals surface area contributed by atoms with Gasteiger partial charge in [0.05, 0.1) is 5.69 Å². The van der Waals surface area contributed by atoms with Gasteiger partial charge in [-0.05, 0) is 56.5 Å². The minimum atomic E-state index is -0.856. The summed E-state index contributed by atoms with van der Waals surface area (Å²) in [5.74, 6) is -1.38. The van der Waals surface area contributed by atoms with Gasteiger partial charge in [-0.15, -0.1) is 0 Å². The average Bonchev–Trinajstić information content (AvgIpc) is 2.75. The first-order valence-electron chi connectivity index (χ1n) is 9.89. The van der Waals surface area contributed by atoms with Crippen LogP contribution in [0.25, 0.3) is 6.08 Å². The summed E-state index contributed by atoms with van der Waals surface area (Å²) in [4.78, 5) is 29.4. The molecule has 3 rings (SSSR count). The SMILES string of the molecule is O=C(/C=C/c1ccc(CN2CCC(NC3(C(=O)O)CCOCC3)CC2)cn1)NO. The molecule has 0 saturated carbocycles. The molecule has 0 atom stereocenters. The van der Waals surface area contributed by atoms with Crippen LogP contribution in [0, 0.1) is 0 Å². The number of hydrogen-bond acceptors (Lipinski definition) is 7. The van der Waals surface area contributed by atoms with Crippen LogP contribution >= 0.6 is 0 Å². The van der Waals surface area contributed by atoms with Crippen LogP contribution in [0.15, 0.2) is 24.4 Å². The van der Waals surface area contributed by atoms with Crippen molar-refractivity contribution in [2.75, 3.05) is 26.3 Å². The number of carboxylic acids is 1. The van der Waals surface area contributed by atoms with Crippen LogP contribution in [0.5, 0.6) is 0 Å². The number of nitrogens with one attached hydrogen (secondary N) is 2. The lowest BCUT2D eigenvalue weighted by Crippen LogP contribution is -2.60. The summed E-state index contributed by atoms with van der Waals surface area (Å²) in [5.41, 5.74) is 2.39. The van der Waals surface area contributed by atoms with Gasteiger partial charge >= 0.3 is 5.97 Å². The lowest BCUT2D eigenvalue weighted by atomic mass is 9.87. The van der Waals surface area contributed by atoms with Crippen LogP contribution in [0.3, 0.4) is 0 Å². The van der Waals surface area contributed by atoms with Crippen LogP contribution in [0.1, 0.15) is 36.9 Å². The number of hydrogen-bond donors (Lipinski definition) is 4. The molecule has 0 aromatic carbocycles. The number of likely N-dealkylation sites (tertiary alicyclic amines) is 1. The molecule has 9 nitrogen and oxygen atoms in total. The number of carboxylic acid groups (broad SMARTS) is 1. The highest BCUT2D eigenvalue weighted by Crippen LogP contribution is 2.24. The molecule has 0 bridgehead atoms. The van der Waals surface area contributed by atoms with Crippen LogP contribution in [0.2, 0.25) is 0 Å². The van der Waals surface area contributed by atoms with E-state index in [1.165, 1.54) is 17.6 Å². The summed E-state index contributed by atoms with van der Waals surface area (Å²) in [6.07, 6.45) is 7.34. The summed E-state index contributed by atoms with van der Waals surface area (Å²) in [5, 5.41) is 21.6. The van der Waals surface area contributed by atoms with Crippen LogP contribution in [0.4, 0.5) is 0 Å². The minimum absolute atomic E-state index is 0.198. The lowest BCUT2D eigenvalue weighted by Gasteiger charge is -2.40. The monoisotopic (exact) mass is 404 g/mol. The van der Waals surface area contributed by atoms with Crippen molar-refractivity contribution in [3.8, 4) is 0 Å². The third-order valence-corrected chi connectivity index (χ3v) is 5.59. The Morgan fingerprint density at radius 2 is 2.00 bits per heavy atom. The van der Waals surface area contributed by atoms with Crippen LogP contribution in [-0.4, -0.2) is 70.0 Å². The highest BCUT2D eigenvalue weighted by Gasteiger charge is 2.42. The van der Waals surface area contributed by atoms with Gasteiger partial charge in [0.1, 0.15) is 5.54 Å². The maximum absolute atomic E-state index is 11.8. The molecule has 1 aromatic heterocycles. The maximum atomic E-state index is 11.8. The standard InChI is InChI=1S/C20H28N4O5/c25-18(23-28)4-3-16-2-1-15(13-21-16)14-24-9-5-17(6-10-24)22-20(19(26)27)7-11-29-12-8-20/h1-4,13,17,22,28H,5-12,14H2,(H,23,25)(H,26,27)/b4-3+. The van der Waals surface area contributed by atoms with E-state index in [-0.39, 0.29) is 6.04 Å². The Balaban J connectivity index is 1.48. The van der Waals surface area contributed by atoms with E-state index < -0.39 is 17.4 Å². The van der Waals surface area contributed by atoms with Gasteiger partial charge in [-0.2, -0.15) is 0 Å². The number of aromatic nitrogens is 1. The Labute approximate surface area is 169 Å². The number of hydroxylamine groups is 1. The van der Waals surface area contributed by atoms with Gasteiger partial charge in [0.15, 0.2) is 0 Å². The molecule has 0 radical (unpaired) electrons. The molecule has 0 spiro atoms. The van der Waals surface area contributed by atoms with Crippen molar-refractivity contribution in [3.05, 3.63) is 35.7 Å². The molecular weight excluding hydrogens is 376 g/mol. The zero-order valence-electron chi connectivity index (χ0n) is 16.3. The molecule has 9 heteroatoms. The fourth-order valence-electron chi connectivity index (χ4n) is 3.85. The molecule has 0 aliphatic carbocycles. The molecule has 4 N–H and O–H groups in total. The number of piperidine rings is 1. The highest BCUT2D eigenvalue weighted by atomic mass is 16.5. The second kappa shape index (κ2) is 9.93. The van der Waals surface area contributed by atoms with E-state index in [0.717, 1.165) is 38.0 Å².